The van der Waals surface area contributed by atoms with Crippen LogP contribution in [0.15, 0.2) is 24.3 Å². The van der Waals surface area contributed by atoms with E-state index in [4.69, 9.17) is 9.47 Å². The van der Waals surface area contributed by atoms with Gasteiger partial charge in [0.2, 0.25) is 0 Å². The third-order valence-electron chi connectivity index (χ3n) is 6.39. The SMILES string of the molecule is COc1ccccc1C1(CNC(=O)N[C@@H]2C[C@@H]3OCCC[C@H]32)CCC1. The van der Waals surface area contributed by atoms with Crippen molar-refractivity contribution in [3.05, 3.63) is 29.8 Å². The highest BCUT2D eigenvalue weighted by Crippen LogP contribution is 2.46. The summed E-state index contributed by atoms with van der Waals surface area (Å²) in [6.07, 6.45) is 6.98. The number of methoxy groups -OCH3 is 1. The van der Waals surface area contributed by atoms with Crippen molar-refractivity contribution >= 4 is 6.03 Å². The number of hydrogen-bond acceptors (Lipinski definition) is 3. The zero-order chi connectivity index (χ0) is 17.3. The maximum Gasteiger partial charge on any atom is 0.315 e. The minimum atomic E-state index is -0.0461. The van der Waals surface area contributed by atoms with Crippen LogP contribution in [0, 0.1) is 5.92 Å². The zero-order valence-electron chi connectivity index (χ0n) is 14.9. The van der Waals surface area contributed by atoms with Gasteiger partial charge in [-0.2, -0.15) is 0 Å². The van der Waals surface area contributed by atoms with Crippen LogP contribution in [0.1, 0.15) is 44.1 Å². The molecule has 4 rings (SSSR count). The molecule has 2 amide bonds. The summed E-state index contributed by atoms with van der Waals surface area (Å²) in [7, 11) is 1.71. The van der Waals surface area contributed by atoms with Crippen LogP contribution in [0.3, 0.4) is 0 Å². The molecule has 136 valence electrons. The van der Waals surface area contributed by atoms with Gasteiger partial charge in [0.05, 0.1) is 13.2 Å². The predicted octanol–water partition coefficient (Wildman–Crippen LogP) is 2.98. The Morgan fingerprint density at radius 3 is 2.88 bits per heavy atom. The van der Waals surface area contributed by atoms with Gasteiger partial charge in [0.25, 0.3) is 0 Å². The molecule has 3 aliphatic rings. The van der Waals surface area contributed by atoms with Gasteiger partial charge in [-0.3, -0.25) is 0 Å². The van der Waals surface area contributed by atoms with Crippen molar-refractivity contribution in [3.8, 4) is 5.75 Å². The third kappa shape index (κ3) is 3.10. The molecule has 3 atom stereocenters. The number of amides is 2. The fourth-order valence-corrected chi connectivity index (χ4v) is 4.66. The number of ether oxygens (including phenoxy) is 2. The summed E-state index contributed by atoms with van der Waals surface area (Å²) in [5.41, 5.74) is 1.23. The summed E-state index contributed by atoms with van der Waals surface area (Å²) < 4.78 is 11.3. The van der Waals surface area contributed by atoms with Crippen molar-refractivity contribution < 1.29 is 14.3 Å². The first-order chi connectivity index (χ1) is 12.2. The molecular weight excluding hydrogens is 316 g/mol. The summed E-state index contributed by atoms with van der Waals surface area (Å²) >= 11 is 0. The Morgan fingerprint density at radius 2 is 2.16 bits per heavy atom. The fraction of sp³-hybridized carbons (Fsp3) is 0.650. The summed E-state index contributed by atoms with van der Waals surface area (Å²) in [5, 5.41) is 6.28. The van der Waals surface area contributed by atoms with Crippen LogP contribution in [0.5, 0.6) is 5.75 Å². The van der Waals surface area contributed by atoms with E-state index in [1.807, 2.05) is 12.1 Å². The topological polar surface area (TPSA) is 59.6 Å². The molecular formula is C20H28N2O3. The monoisotopic (exact) mass is 344 g/mol. The molecule has 0 bridgehead atoms. The van der Waals surface area contributed by atoms with Gasteiger partial charge in [0.15, 0.2) is 0 Å². The Bertz CT molecular complexity index is 629. The van der Waals surface area contributed by atoms with Crippen LogP contribution in [0.2, 0.25) is 0 Å². The number of benzene rings is 1. The van der Waals surface area contributed by atoms with E-state index in [0.717, 1.165) is 38.0 Å². The molecule has 3 fully saturated rings. The van der Waals surface area contributed by atoms with Crippen LogP contribution < -0.4 is 15.4 Å². The quantitative estimate of drug-likeness (QED) is 0.863. The second-order valence-corrected chi connectivity index (χ2v) is 7.72. The zero-order valence-corrected chi connectivity index (χ0v) is 14.9. The smallest absolute Gasteiger partial charge is 0.315 e. The lowest BCUT2D eigenvalue weighted by molar-refractivity contribution is -0.0999. The van der Waals surface area contributed by atoms with Gasteiger partial charge in [-0.25, -0.2) is 4.79 Å². The Morgan fingerprint density at radius 1 is 1.32 bits per heavy atom. The van der Waals surface area contributed by atoms with Gasteiger partial charge in [0.1, 0.15) is 5.75 Å². The first-order valence-corrected chi connectivity index (χ1v) is 9.51. The molecule has 2 N–H and O–H groups in total. The maximum absolute atomic E-state index is 12.4. The number of carbonyl (C=O) groups is 1. The molecule has 0 aromatic heterocycles. The lowest BCUT2D eigenvalue weighted by Crippen LogP contribution is -2.60. The highest BCUT2D eigenvalue weighted by Gasteiger charge is 2.45. The van der Waals surface area contributed by atoms with Crippen molar-refractivity contribution in [2.45, 2.75) is 56.1 Å². The third-order valence-corrected chi connectivity index (χ3v) is 6.39. The minimum Gasteiger partial charge on any atom is -0.496 e. The largest absolute Gasteiger partial charge is 0.496 e. The van der Waals surface area contributed by atoms with Gasteiger partial charge < -0.3 is 20.1 Å². The molecule has 1 aromatic rings. The van der Waals surface area contributed by atoms with E-state index in [0.29, 0.717) is 18.6 Å². The van der Waals surface area contributed by atoms with E-state index in [1.54, 1.807) is 7.11 Å². The van der Waals surface area contributed by atoms with E-state index in [-0.39, 0.29) is 17.5 Å². The lowest BCUT2D eigenvalue weighted by atomic mass is 9.64. The minimum absolute atomic E-state index is 0.0139. The normalized spacial score (nSPS) is 29.6. The maximum atomic E-state index is 12.4. The molecule has 1 saturated heterocycles. The number of para-hydroxylation sites is 1. The highest BCUT2D eigenvalue weighted by molar-refractivity contribution is 5.74. The summed E-state index contributed by atoms with van der Waals surface area (Å²) in [6.45, 7) is 1.54. The van der Waals surface area contributed by atoms with E-state index >= 15 is 0 Å². The van der Waals surface area contributed by atoms with E-state index < -0.39 is 0 Å². The first-order valence-electron chi connectivity index (χ1n) is 9.51. The van der Waals surface area contributed by atoms with Gasteiger partial charge >= 0.3 is 6.03 Å². The number of urea groups is 1. The van der Waals surface area contributed by atoms with E-state index in [9.17, 15) is 4.79 Å². The number of hydrogen-bond donors (Lipinski definition) is 2. The molecule has 0 spiro atoms. The number of fused-ring (bicyclic) bond motifs is 1. The van der Waals surface area contributed by atoms with Crippen molar-refractivity contribution in [2.75, 3.05) is 20.3 Å². The number of nitrogens with one attached hydrogen (secondary N) is 2. The number of carbonyl (C=O) groups excluding carboxylic acids is 1. The summed E-state index contributed by atoms with van der Waals surface area (Å²) in [4.78, 5) is 12.4. The Balaban J connectivity index is 1.34. The molecule has 0 unspecified atom stereocenters. The molecule has 2 saturated carbocycles. The molecule has 1 heterocycles. The molecule has 5 heteroatoms. The summed E-state index contributed by atoms with van der Waals surface area (Å²) in [5.74, 6) is 1.43. The first kappa shape index (κ1) is 16.7. The standard InChI is InChI=1S/C20H28N2O3/c1-24-17-8-3-2-7-15(17)20(9-5-10-20)13-21-19(23)22-16-12-18-14(16)6-4-11-25-18/h2-3,7-8,14,16,18H,4-6,9-13H2,1H3,(H2,21,22,23)/t14-,16+,18-/m0/s1. The summed E-state index contributed by atoms with van der Waals surface area (Å²) in [6, 6.07) is 8.41. The predicted molar refractivity (Wildman–Crippen MR) is 95.9 cm³/mol. The lowest BCUT2D eigenvalue weighted by Gasteiger charge is -2.47. The second-order valence-electron chi connectivity index (χ2n) is 7.72. The van der Waals surface area contributed by atoms with Crippen molar-refractivity contribution in [3.63, 3.8) is 0 Å². The average Bonchev–Trinajstić information content (AvgIpc) is 2.59. The molecule has 2 aliphatic carbocycles. The molecule has 1 aliphatic heterocycles. The van der Waals surface area contributed by atoms with E-state index in [2.05, 4.69) is 22.8 Å². The molecule has 0 radical (unpaired) electrons. The van der Waals surface area contributed by atoms with Crippen molar-refractivity contribution in [1.82, 2.24) is 10.6 Å². The fourth-order valence-electron chi connectivity index (χ4n) is 4.66. The van der Waals surface area contributed by atoms with Crippen LogP contribution in [-0.4, -0.2) is 38.4 Å². The molecule has 5 nitrogen and oxygen atoms in total. The van der Waals surface area contributed by atoms with Gasteiger partial charge in [-0.05, 0) is 38.2 Å². The van der Waals surface area contributed by atoms with Crippen LogP contribution in [0.25, 0.3) is 0 Å². The Hall–Kier alpha value is -1.75. The van der Waals surface area contributed by atoms with Crippen LogP contribution in [0.4, 0.5) is 4.79 Å². The Labute approximate surface area is 149 Å². The van der Waals surface area contributed by atoms with Crippen molar-refractivity contribution in [2.24, 2.45) is 5.92 Å². The van der Waals surface area contributed by atoms with Crippen LogP contribution >= 0.6 is 0 Å². The van der Waals surface area contributed by atoms with E-state index in [1.165, 1.54) is 18.4 Å². The highest BCUT2D eigenvalue weighted by atomic mass is 16.5. The van der Waals surface area contributed by atoms with Gasteiger partial charge in [0, 0.05) is 36.1 Å². The second kappa shape index (κ2) is 6.87. The Kier molecular flexibility index (Phi) is 4.59. The molecule has 1 aromatic carbocycles. The number of rotatable bonds is 5. The van der Waals surface area contributed by atoms with Gasteiger partial charge in [-0.15, -0.1) is 0 Å². The van der Waals surface area contributed by atoms with Crippen molar-refractivity contribution in [1.29, 1.82) is 0 Å². The van der Waals surface area contributed by atoms with Crippen LogP contribution in [-0.2, 0) is 10.2 Å². The van der Waals surface area contributed by atoms with Gasteiger partial charge in [-0.1, -0.05) is 24.6 Å². The average molecular weight is 344 g/mol. The molecule has 25 heavy (non-hydrogen) atoms.